The summed E-state index contributed by atoms with van der Waals surface area (Å²) < 4.78 is 48.1. The topological polar surface area (TPSA) is 40.6 Å². The normalized spacial score (nSPS) is 12.0. The Bertz CT molecular complexity index is 4570. The predicted octanol–water partition coefficient (Wildman–Crippen LogP) is 22.5. The molecular formula is C80H90F3N5. The molecule has 0 amide bonds. The van der Waals surface area contributed by atoms with Gasteiger partial charge in [0.1, 0.15) is 0 Å². The van der Waals surface area contributed by atoms with Gasteiger partial charge >= 0.3 is 6.18 Å². The smallest absolute Gasteiger partial charge is 0.308 e. The van der Waals surface area contributed by atoms with Crippen LogP contribution in [0.25, 0.3) is 82.5 Å². The van der Waals surface area contributed by atoms with Crippen LogP contribution in [0.15, 0.2) is 55.1 Å². The predicted molar refractivity (Wildman–Crippen MR) is 371 cm³/mol. The number of nitrogens with zero attached hydrogens (tertiary/aromatic N) is 5. The lowest BCUT2D eigenvalue weighted by Crippen LogP contribution is -2.08. The summed E-state index contributed by atoms with van der Waals surface area (Å²) in [7, 11) is 0. The number of benzene rings is 7. The van der Waals surface area contributed by atoms with Crippen LogP contribution in [-0.2, 0) is 6.18 Å². The van der Waals surface area contributed by atoms with Crippen molar-refractivity contribution in [3.8, 4) is 17.1 Å². The second kappa shape index (κ2) is 22.3. The molecule has 0 spiro atoms. The largest absolute Gasteiger partial charge is 0.416 e. The van der Waals surface area contributed by atoms with Gasteiger partial charge in [-0.1, -0.05) is 6.07 Å². The van der Waals surface area contributed by atoms with E-state index in [1.54, 1.807) is 6.07 Å². The summed E-state index contributed by atoms with van der Waals surface area (Å²) in [6.45, 7) is 59.5. The molecule has 88 heavy (non-hydrogen) atoms. The first-order valence-electron chi connectivity index (χ1n) is 31.2. The zero-order chi connectivity index (χ0) is 64.8. The third-order valence-corrected chi connectivity index (χ3v) is 22.3. The van der Waals surface area contributed by atoms with Gasteiger partial charge in [0.2, 0.25) is 0 Å². The fraction of sp³-hybridized carbons (Fsp3) is 0.350. The molecule has 456 valence electrons. The van der Waals surface area contributed by atoms with Gasteiger partial charge in [-0.15, -0.1) is 0 Å². The van der Waals surface area contributed by atoms with E-state index in [9.17, 15) is 13.2 Å². The molecule has 0 atom stereocenters. The fourth-order valence-corrected chi connectivity index (χ4v) is 14.8. The van der Waals surface area contributed by atoms with E-state index >= 15 is 0 Å². The zero-order valence-electron chi connectivity index (χ0n) is 57.6. The maximum Gasteiger partial charge on any atom is 0.416 e. The average Bonchev–Trinajstić information content (AvgIpc) is 1.81. The third-order valence-electron chi connectivity index (χ3n) is 22.3. The van der Waals surface area contributed by atoms with E-state index in [-0.39, 0.29) is 0 Å². The lowest BCUT2D eigenvalue weighted by molar-refractivity contribution is -0.137. The number of halogens is 3. The Kier molecular flexibility index (Phi) is 16.0. The van der Waals surface area contributed by atoms with Crippen LogP contribution in [0, 0.1) is 187 Å². The Morgan fingerprint density at radius 3 is 0.784 bits per heavy atom. The number of aryl methyl sites for hydroxylation is 15. The van der Waals surface area contributed by atoms with Crippen LogP contribution in [0.1, 0.15) is 156 Å². The standard InChI is InChI=1S/C28H30F3N.2C26H30N2/c1-13-10-11-22(28(29,30)31)12-23(13)32-26-20(8)16(4)14(2)18(6)24(26)25-19(7)15(3)17(5)21(9)27(25)32;1-13-12-27-11-10-22(13)28-25-20(8)16(4)14(2)18(6)23(25)24-19(7)15(3)17(5)21(9)26(24)28;1-13-10-11-27-12-22(13)28-25-20(8)16(4)14(2)18(6)23(25)24-19(7)15(3)17(5)21(9)26(24)28/h10-12H,1-9H3;2*10-12H,1-9H3. The Hall–Kier alpha value is -7.97. The summed E-state index contributed by atoms with van der Waals surface area (Å²) in [5.41, 5.74) is 44.8. The number of alkyl halides is 3. The van der Waals surface area contributed by atoms with Gasteiger partial charge in [0.25, 0.3) is 0 Å². The van der Waals surface area contributed by atoms with Crippen LogP contribution in [0.2, 0.25) is 0 Å². The Labute approximate surface area is 520 Å². The van der Waals surface area contributed by atoms with Gasteiger partial charge in [-0.05, 0) is 361 Å². The minimum absolute atomic E-state index is 0.594. The lowest BCUT2D eigenvalue weighted by atomic mass is 9.90. The number of rotatable bonds is 3. The second-order valence-corrected chi connectivity index (χ2v) is 26.2. The van der Waals surface area contributed by atoms with E-state index < -0.39 is 11.7 Å². The highest BCUT2D eigenvalue weighted by Crippen LogP contribution is 2.48. The molecule has 0 N–H and O–H groups in total. The molecular weight excluding hydrogens is 1090 g/mol. The van der Waals surface area contributed by atoms with Crippen molar-refractivity contribution in [2.45, 2.75) is 193 Å². The van der Waals surface area contributed by atoms with Crippen molar-refractivity contribution in [2.75, 3.05) is 0 Å². The molecule has 0 aliphatic rings. The first kappa shape index (κ1) is 63.1. The SMILES string of the molecule is Cc1ccc(C(F)(F)F)cc1-n1c2c(C)c(C)c(C)c(C)c2c2c(C)c(C)c(C)c(C)c21.Cc1ccncc1-n1c2c(C)c(C)c(C)c(C)c2c2c(C)c(C)c(C)c(C)c21.Cc1cnccc1-n1c2c(C)c(C)c(C)c(C)c2c2c(C)c(C)c(C)c(C)c21. The molecule has 0 fully saturated rings. The first-order chi connectivity index (χ1) is 41.1. The molecule has 0 aliphatic carbocycles. The van der Waals surface area contributed by atoms with Crippen molar-refractivity contribution in [1.82, 2.24) is 23.7 Å². The van der Waals surface area contributed by atoms with E-state index in [0.717, 1.165) is 38.5 Å². The quantitative estimate of drug-likeness (QED) is 0.177. The van der Waals surface area contributed by atoms with E-state index in [4.69, 9.17) is 0 Å². The highest BCUT2D eigenvalue weighted by molar-refractivity contribution is 6.18. The molecule has 7 aromatic carbocycles. The average molecular weight is 1180 g/mol. The summed E-state index contributed by atoms with van der Waals surface area (Å²) >= 11 is 0. The number of hydrogen-bond acceptors (Lipinski definition) is 2. The maximum absolute atomic E-state index is 13.7. The summed E-state index contributed by atoms with van der Waals surface area (Å²) in [6.07, 6.45) is 3.39. The van der Waals surface area contributed by atoms with Crippen molar-refractivity contribution in [2.24, 2.45) is 0 Å². The minimum Gasteiger partial charge on any atom is -0.308 e. The van der Waals surface area contributed by atoms with Gasteiger partial charge in [0.15, 0.2) is 0 Å². The van der Waals surface area contributed by atoms with Gasteiger partial charge in [-0.25, -0.2) is 0 Å². The van der Waals surface area contributed by atoms with E-state index in [2.05, 4.69) is 216 Å². The molecule has 0 radical (unpaired) electrons. The van der Waals surface area contributed by atoms with Crippen LogP contribution < -0.4 is 0 Å². The molecule has 5 aromatic heterocycles. The zero-order valence-corrected chi connectivity index (χ0v) is 57.6. The van der Waals surface area contributed by atoms with E-state index in [1.807, 2.05) is 31.7 Å². The van der Waals surface area contributed by atoms with Crippen molar-refractivity contribution >= 4 is 65.4 Å². The Morgan fingerprint density at radius 2 is 0.500 bits per heavy atom. The minimum atomic E-state index is -4.39. The molecule has 5 nitrogen and oxygen atoms in total. The van der Waals surface area contributed by atoms with Gasteiger partial charge < -0.3 is 13.7 Å². The second-order valence-electron chi connectivity index (χ2n) is 26.2. The van der Waals surface area contributed by atoms with Gasteiger partial charge in [-0.3, -0.25) is 9.97 Å². The highest BCUT2D eigenvalue weighted by atomic mass is 19.4. The van der Waals surface area contributed by atoms with Crippen molar-refractivity contribution < 1.29 is 13.2 Å². The van der Waals surface area contributed by atoms with Crippen molar-refractivity contribution in [3.63, 3.8) is 0 Å². The van der Waals surface area contributed by atoms with E-state index in [1.165, 1.54) is 201 Å². The van der Waals surface area contributed by atoms with Crippen LogP contribution in [0.4, 0.5) is 13.2 Å². The lowest BCUT2D eigenvalue weighted by Gasteiger charge is -2.19. The summed E-state index contributed by atoms with van der Waals surface area (Å²) in [5, 5.41) is 7.94. The van der Waals surface area contributed by atoms with Gasteiger partial charge in [0, 0.05) is 56.6 Å². The number of pyridine rings is 2. The van der Waals surface area contributed by atoms with Gasteiger partial charge in [0.05, 0.1) is 56.2 Å². The van der Waals surface area contributed by atoms with Crippen LogP contribution >= 0.6 is 0 Å². The van der Waals surface area contributed by atoms with Crippen LogP contribution in [0.5, 0.6) is 0 Å². The number of fused-ring (bicyclic) bond motifs is 9. The molecule has 5 heterocycles. The highest BCUT2D eigenvalue weighted by Gasteiger charge is 2.33. The summed E-state index contributed by atoms with van der Waals surface area (Å²) in [4.78, 5) is 8.82. The number of hydrogen-bond donors (Lipinski definition) is 0. The fourth-order valence-electron chi connectivity index (χ4n) is 14.8. The van der Waals surface area contributed by atoms with E-state index in [0.29, 0.717) is 5.69 Å². The Balaban J connectivity index is 0.000000146. The molecule has 0 saturated carbocycles. The Morgan fingerprint density at radius 1 is 0.250 bits per heavy atom. The molecule has 12 rings (SSSR count). The summed E-state index contributed by atoms with van der Waals surface area (Å²) in [6, 6.07) is 8.33. The summed E-state index contributed by atoms with van der Waals surface area (Å²) in [5.74, 6) is 0. The maximum atomic E-state index is 13.7. The molecule has 8 heteroatoms. The van der Waals surface area contributed by atoms with Gasteiger partial charge in [-0.2, -0.15) is 13.2 Å². The monoisotopic (exact) mass is 1180 g/mol. The number of aromatic nitrogens is 5. The molecule has 12 aromatic rings. The molecule has 0 saturated heterocycles. The third kappa shape index (κ3) is 9.14. The first-order valence-corrected chi connectivity index (χ1v) is 31.2. The van der Waals surface area contributed by atoms with Crippen LogP contribution in [0.3, 0.4) is 0 Å². The van der Waals surface area contributed by atoms with Crippen molar-refractivity contribution in [3.05, 3.63) is 211 Å². The molecule has 0 bridgehead atoms. The molecule has 0 unspecified atom stereocenters. The van der Waals surface area contributed by atoms with Crippen molar-refractivity contribution in [1.29, 1.82) is 0 Å². The molecule has 0 aliphatic heterocycles. The van der Waals surface area contributed by atoms with Crippen LogP contribution in [-0.4, -0.2) is 23.7 Å².